The van der Waals surface area contributed by atoms with Gasteiger partial charge in [-0.15, -0.1) is 0 Å². The second-order valence-corrected chi connectivity index (χ2v) is 7.07. The first-order valence-corrected chi connectivity index (χ1v) is 7.87. The lowest BCUT2D eigenvalue weighted by Gasteiger charge is -2.19. The second-order valence-electron chi connectivity index (χ2n) is 4.69. The number of para-hydroxylation sites is 1. The van der Waals surface area contributed by atoms with Crippen LogP contribution in [0.5, 0.6) is 0 Å². The summed E-state index contributed by atoms with van der Waals surface area (Å²) in [4.78, 5) is 0.163. The first kappa shape index (κ1) is 13.4. The lowest BCUT2D eigenvalue weighted by molar-refractivity contribution is 0.593. The predicted octanol–water partition coefficient (Wildman–Crippen LogP) is 2.53. The van der Waals surface area contributed by atoms with Gasteiger partial charge in [0, 0.05) is 12.1 Å². The summed E-state index contributed by atoms with van der Waals surface area (Å²) >= 11 is 5.94. The van der Waals surface area contributed by atoms with Gasteiger partial charge in [0.05, 0.1) is 16.6 Å². The molecule has 1 aliphatic rings. The Morgan fingerprint density at radius 2 is 1.85 bits per heavy atom. The Labute approximate surface area is 122 Å². The summed E-state index contributed by atoms with van der Waals surface area (Å²) < 4.78 is 26.6. The minimum absolute atomic E-state index is 0.163. The summed E-state index contributed by atoms with van der Waals surface area (Å²) in [5, 5.41) is 0.374. The van der Waals surface area contributed by atoms with Gasteiger partial charge in [-0.2, -0.15) is 0 Å². The van der Waals surface area contributed by atoms with Gasteiger partial charge in [-0.25, -0.2) is 8.42 Å². The fourth-order valence-corrected chi connectivity index (χ4v) is 4.20. The molecule has 2 N–H and O–H groups in total. The number of rotatable bonds is 0. The van der Waals surface area contributed by atoms with Crippen LogP contribution in [0.3, 0.4) is 0 Å². The maximum atomic E-state index is 12.7. The zero-order valence-corrected chi connectivity index (χ0v) is 12.3. The molecule has 20 heavy (non-hydrogen) atoms. The van der Waals surface area contributed by atoms with E-state index in [9.17, 15) is 8.42 Å². The van der Waals surface area contributed by atoms with E-state index < -0.39 is 16.1 Å². The molecule has 0 spiro atoms. The molecule has 1 aliphatic heterocycles. The molecule has 0 saturated carbocycles. The normalized spacial score (nSPS) is 19.9. The Morgan fingerprint density at radius 3 is 2.60 bits per heavy atom. The van der Waals surface area contributed by atoms with Crippen LogP contribution in [-0.2, 0) is 10.0 Å². The molecule has 0 amide bonds. The molecule has 2 aromatic carbocycles. The van der Waals surface area contributed by atoms with Crippen LogP contribution in [0.4, 0.5) is 5.69 Å². The molecule has 1 atom stereocenters. The van der Waals surface area contributed by atoms with Crippen molar-refractivity contribution in [3.8, 4) is 0 Å². The van der Waals surface area contributed by atoms with Gasteiger partial charge in [-0.05, 0) is 29.3 Å². The quantitative estimate of drug-likeness (QED) is 0.813. The number of halogens is 1. The molecule has 4 nitrogen and oxygen atoms in total. The molecular formula is C14H13ClN2O2S. The summed E-state index contributed by atoms with van der Waals surface area (Å²) in [5.74, 6) is 0. The van der Waals surface area contributed by atoms with Crippen molar-refractivity contribution in [2.24, 2.45) is 5.73 Å². The van der Waals surface area contributed by atoms with E-state index in [2.05, 4.69) is 0 Å². The van der Waals surface area contributed by atoms with Gasteiger partial charge in [0.1, 0.15) is 0 Å². The molecule has 0 aromatic heterocycles. The van der Waals surface area contributed by atoms with Crippen LogP contribution < -0.4 is 10.0 Å². The van der Waals surface area contributed by atoms with E-state index in [4.69, 9.17) is 17.3 Å². The van der Waals surface area contributed by atoms with Crippen molar-refractivity contribution in [1.82, 2.24) is 0 Å². The number of nitrogens with zero attached hydrogens (tertiary/aromatic N) is 1. The van der Waals surface area contributed by atoms with Gasteiger partial charge in [0.2, 0.25) is 0 Å². The molecule has 0 bridgehead atoms. The van der Waals surface area contributed by atoms with E-state index in [1.54, 1.807) is 24.3 Å². The van der Waals surface area contributed by atoms with Crippen LogP contribution in [-0.4, -0.2) is 15.5 Å². The van der Waals surface area contributed by atoms with E-state index in [1.807, 2.05) is 12.1 Å². The summed E-state index contributed by atoms with van der Waals surface area (Å²) in [6.45, 7) is 0. The molecule has 6 heteroatoms. The minimum Gasteiger partial charge on any atom is -0.320 e. The standard InChI is InChI=1S/C14H13ClN2O2S/c1-17-12-5-3-2-4-10(12)14(16)11-7-6-9(15)8-13(11)20(17,18)19/h2-8,14H,16H2,1H3. The van der Waals surface area contributed by atoms with Crippen molar-refractivity contribution in [2.75, 3.05) is 11.4 Å². The fraction of sp³-hybridized carbons (Fsp3) is 0.143. The van der Waals surface area contributed by atoms with Crippen molar-refractivity contribution in [2.45, 2.75) is 10.9 Å². The highest BCUT2D eigenvalue weighted by molar-refractivity contribution is 7.92. The maximum absolute atomic E-state index is 12.7. The monoisotopic (exact) mass is 308 g/mol. The Hall–Kier alpha value is -1.56. The number of fused-ring (bicyclic) bond motifs is 2. The summed E-state index contributed by atoms with van der Waals surface area (Å²) in [6, 6.07) is 11.5. The molecule has 3 rings (SSSR count). The summed E-state index contributed by atoms with van der Waals surface area (Å²) in [5.41, 5.74) is 8.19. The number of anilines is 1. The molecule has 1 heterocycles. The SMILES string of the molecule is CN1c2ccccc2C(N)c2ccc(Cl)cc2S1(=O)=O. The summed E-state index contributed by atoms with van der Waals surface area (Å²) in [7, 11) is -2.13. The Balaban J connectivity index is 2.41. The topological polar surface area (TPSA) is 63.4 Å². The Bertz CT molecular complexity index is 790. The zero-order chi connectivity index (χ0) is 14.5. The van der Waals surface area contributed by atoms with Gasteiger partial charge in [-0.1, -0.05) is 35.9 Å². The Kier molecular flexibility index (Phi) is 3.01. The van der Waals surface area contributed by atoms with Crippen LogP contribution in [0.1, 0.15) is 17.2 Å². The first-order valence-electron chi connectivity index (χ1n) is 6.06. The van der Waals surface area contributed by atoms with Gasteiger partial charge in [0.25, 0.3) is 10.0 Å². The largest absolute Gasteiger partial charge is 0.320 e. The van der Waals surface area contributed by atoms with Crippen LogP contribution in [0, 0.1) is 0 Å². The fourth-order valence-electron chi connectivity index (χ4n) is 2.47. The molecule has 1 unspecified atom stereocenters. The second kappa shape index (κ2) is 4.48. The summed E-state index contributed by atoms with van der Waals surface area (Å²) in [6.07, 6.45) is 0. The van der Waals surface area contributed by atoms with Crippen LogP contribution in [0.15, 0.2) is 47.4 Å². The van der Waals surface area contributed by atoms with Crippen molar-refractivity contribution in [1.29, 1.82) is 0 Å². The van der Waals surface area contributed by atoms with Crippen molar-refractivity contribution >= 4 is 27.3 Å². The molecular weight excluding hydrogens is 296 g/mol. The van der Waals surface area contributed by atoms with Crippen molar-refractivity contribution < 1.29 is 8.42 Å². The number of hydrogen-bond acceptors (Lipinski definition) is 3. The number of nitrogens with two attached hydrogens (primary N) is 1. The van der Waals surface area contributed by atoms with Crippen LogP contribution >= 0.6 is 11.6 Å². The van der Waals surface area contributed by atoms with E-state index >= 15 is 0 Å². The zero-order valence-electron chi connectivity index (χ0n) is 10.7. The minimum atomic E-state index is -3.66. The average Bonchev–Trinajstić information content (AvgIpc) is 2.50. The molecule has 0 aliphatic carbocycles. The van der Waals surface area contributed by atoms with Crippen molar-refractivity contribution in [3.05, 3.63) is 58.6 Å². The van der Waals surface area contributed by atoms with Gasteiger partial charge in [-0.3, -0.25) is 4.31 Å². The molecule has 0 fully saturated rings. The van der Waals surface area contributed by atoms with Gasteiger partial charge < -0.3 is 5.73 Å². The van der Waals surface area contributed by atoms with Crippen molar-refractivity contribution in [3.63, 3.8) is 0 Å². The third kappa shape index (κ3) is 1.82. The predicted molar refractivity (Wildman–Crippen MR) is 79.5 cm³/mol. The number of hydrogen-bond donors (Lipinski definition) is 1. The highest BCUT2D eigenvalue weighted by Gasteiger charge is 2.33. The first-order chi connectivity index (χ1) is 9.43. The number of benzene rings is 2. The van der Waals surface area contributed by atoms with Crippen LogP contribution in [0.2, 0.25) is 5.02 Å². The molecule has 0 saturated heterocycles. The molecule has 2 aromatic rings. The highest BCUT2D eigenvalue weighted by Crippen LogP contribution is 2.39. The maximum Gasteiger partial charge on any atom is 0.264 e. The van der Waals surface area contributed by atoms with Gasteiger partial charge in [0.15, 0.2) is 0 Å². The van der Waals surface area contributed by atoms with Gasteiger partial charge >= 0.3 is 0 Å². The molecule has 0 radical (unpaired) electrons. The van der Waals surface area contributed by atoms with Crippen LogP contribution in [0.25, 0.3) is 0 Å². The molecule has 104 valence electrons. The highest BCUT2D eigenvalue weighted by atomic mass is 35.5. The van der Waals surface area contributed by atoms with E-state index in [-0.39, 0.29) is 4.90 Å². The lowest BCUT2D eigenvalue weighted by Crippen LogP contribution is -2.26. The lowest BCUT2D eigenvalue weighted by atomic mass is 9.98. The average molecular weight is 309 g/mol. The Morgan fingerprint density at radius 1 is 1.15 bits per heavy atom. The third-order valence-electron chi connectivity index (χ3n) is 3.56. The number of sulfonamides is 1. The third-order valence-corrected chi connectivity index (χ3v) is 5.62. The van der Waals surface area contributed by atoms with E-state index in [0.29, 0.717) is 16.3 Å². The smallest absolute Gasteiger partial charge is 0.264 e. The van der Waals surface area contributed by atoms with E-state index in [1.165, 1.54) is 17.4 Å². The van der Waals surface area contributed by atoms with E-state index in [0.717, 1.165) is 5.56 Å².